The van der Waals surface area contributed by atoms with Gasteiger partial charge in [-0.15, -0.1) is 0 Å². The summed E-state index contributed by atoms with van der Waals surface area (Å²) in [6, 6.07) is 4.12. The fourth-order valence-electron chi connectivity index (χ4n) is 3.56. The van der Waals surface area contributed by atoms with E-state index in [4.69, 9.17) is 17.3 Å². The first-order valence-corrected chi connectivity index (χ1v) is 9.56. The summed E-state index contributed by atoms with van der Waals surface area (Å²) in [6.45, 7) is 3.91. The number of aromatic amines is 1. The summed E-state index contributed by atoms with van der Waals surface area (Å²) in [5.41, 5.74) is 10.4. The minimum atomic E-state index is 0.201. The molecule has 25 heavy (non-hydrogen) atoms. The fraction of sp³-hybridized carbons (Fsp3) is 0.333. The average molecular weight is 422 g/mol. The molecule has 5 nitrogen and oxygen atoms in total. The lowest BCUT2D eigenvalue weighted by Gasteiger charge is -2.33. The molecule has 1 aliphatic rings. The fourth-order valence-corrected chi connectivity index (χ4v) is 4.27. The number of nitrogens with zero attached hydrogens (tertiary/aromatic N) is 3. The smallest absolute Gasteiger partial charge is 0.240 e. The molecule has 0 aliphatic carbocycles. The first kappa shape index (κ1) is 16.8. The van der Waals surface area contributed by atoms with E-state index in [2.05, 4.69) is 42.3 Å². The van der Waals surface area contributed by atoms with Gasteiger partial charge >= 0.3 is 0 Å². The van der Waals surface area contributed by atoms with E-state index in [0.717, 1.165) is 58.5 Å². The zero-order valence-electron chi connectivity index (χ0n) is 14.0. The van der Waals surface area contributed by atoms with Gasteiger partial charge in [-0.1, -0.05) is 11.6 Å². The molecule has 0 aromatic carbocycles. The van der Waals surface area contributed by atoms with Gasteiger partial charge in [-0.3, -0.25) is 0 Å². The topological polar surface area (TPSA) is 61.8 Å². The van der Waals surface area contributed by atoms with Crippen molar-refractivity contribution in [2.45, 2.75) is 25.8 Å². The zero-order valence-corrected chi connectivity index (χ0v) is 16.3. The number of piperidine rings is 1. The SMILES string of the molecule is Cc1ccc(Cl)c[n+]1-c1c[nH]c2ncc(Br)c(N3CCC[C@@H](N)C3)c12. The Morgan fingerprint density at radius 3 is 3.08 bits per heavy atom. The summed E-state index contributed by atoms with van der Waals surface area (Å²) in [4.78, 5) is 10.2. The Labute approximate surface area is 159 Å². The highest BCUT2D eigenvalue weighted by molar-refractivity contribution is 9.10. The second-order valence-corrected chi connectivity index (χ2v) is 7.85. The Morgan fingerprint density at radius 2 is 2.28 bits per heavy atom. The molecular weight excluding hydrogens is 402 g/mol. The van der Waals surface area contributed by atoms with Crippen molar-refractivity contribution < 1.29 is 4.57 Å². The van der Waals surface area contributed by atoms with Crippen molar-refractivity contribution >= 4 is 44.3 Å². The average Bonchev–Trinajstić information content (AvgIpc) is 3.00. The molecule has 0 radical (unpaired) electrons. The molecule has 1 saturated heterocycles. The highest BCUT2D eigenvalue weighted by Gasteiger charge is 2.27. The van der Waals surface area contributed by atoms with Crippen molar-refractivity contribution in [3.63, 3.8) is 0 Å². The van der Waals surface area contributed by atoms with Gasteiger partial charge in [-0.2, -0.15) is 4.57 Å². The van der Waals surface area contributed by atoms with E-state index in [1.165, 1.54) is 0 Å². The molecule has 4 rings (SSSR count). The molecule has 0 unspecified atom stereocenters. The minimum Gasteiger partial charge on any atom is -0.368 e. The maximum Gasteiger partial charge on any atom is 0.240 e. The first-order chi connectivity index (χ1) is 12.0. The highest BCUT2D eigenvalue weighted by Crippen LogP contribution is 2.37. The summed E-state index contributed by atoms with van der Waals surface area (Å²) < 4.78 is 3.08. The van der Waals surface area contributed by atoms with Crippen LogP contribution in [0.5, 0.6) is 0 Å². The van der Waals surface area contributed by atoms with Crippen molar-refractivity contribution in [2.24, 2.45) is 5.73 Å². The summed E-state index contributed by atoms with van der Waals surface area (Å²) in [5.74, 6) is 0. The number of nitrogens with two attached hydrogens (primary N) is 1. The highest BCUT2D eigenvalue weighted by atomic mass is 79.9. The van der Waals surface area contributed by atoms with Crippen molar-refractivity contribution in [1.82, 2.24) is 9.97 Å². The van der Waals surface area contributed by atoms with Crippen LogP contribution in [-0.4, -0.2) is 29.1 Å². The van der Waals surface area contributed by atoms with Gasteiger partial charge < -0.3 is 15.6 Å². The molecule has 0 saturated carbocycles. The van der Waals surface area contributed by atoms with Gasteiger partial charge in [0.1, 0.15) is 16.1 Å². The summed E-state index contributed by atoms with van der Waals surface area (Å²) in [7, 11) is 0. The Bertz CT molecular complexity index is 939. The van der Waals surface area contributed by atoms with E-state index >= 15 is 0 Å². The third-order valence-electron chi connectivity index (χ3n) is 4.76. The number of anilines is 1. The predicted molar refractivity (Wildman–Crippen MR) is 104 cm³/mol. The summed E-state index contributed by atoms with van der Waals surface area (Å²) in [6.07, 6.45) is 7.95. The normalized spacial score (nSPS) is 18.1. The van der Waals surface area contributed by atoms with Crippen molar-refractivity contribution in [3.8, 4) is 5.69 Å². The molecular formula is C18H20BrClN5+. The Hall–Kier alpha value is -1.63. The van der Waals surface area contributed by atoms with Crippen LogP contribution in [0.25, 0.3) is 16.7 Å². The van der Waals surface area contributed by atoms with E-state index in [-0.39, 0.29) is 6.04 Å². The van der Waals surface area contributed by atoms with E-state index in [9.17, 15) is 0 Å². The molecule has 130 valence electrons. The number of aryl methyl sites for hydroxylation is 1. The van der Waals surface area contributed by atoms with E-state index < -0.39 is 0 Å². The van der Waals surface area contributed by atoms with Crippen LogP contribution in [0.2, 0.25) is 5.02 Å². The number of H-pyrrole nitrogens is 1. The molecule has 3 aromatic heterocycles. The number of hydrogen-bond donors (Lipinski definition) is 2. The maximum absolute atomic E-state index is 6.24. The van der Waals surface area contributed by atoms with Crippen molar-refractivity contribution in [2.75, 3.05) is 18.0 Å². The molecule has 4 heterocycles. The number of rotatable bonds is 2. The third kappa shape index (κ3) is 3.03. The lowest BCUT2D eigenvalue weighted by molar-refractivity contribution is -0.601. The van der Waals surface area contributed by atoms with Gasteiger partial charge in [-0.05, 0) is 34.8 Å². The number of nitrogens with one attached hydrogen (secondary N) is 1. The Balaban J connectivity index is 1.95. The number of pyridine rings is 2. The summed E-state index contributed by atoms with van der Waals surface area (Å²) in [5, 5.41) is 1.78. The molecule has 0 spiro atoms. The number of halogens is 2. The lowest BCUT2D eigenvalue weighted by atomic mass is 10.1. The van der Waals surface area contributed by atoms with Gasteiger partial charge in [0.05, 0.1) is 16.4 Å². The van der Waals surface area contributed by atoms with Crippen LogP contribution in [0, 0.1) is 6.92 Å². The number of aromatic nitrogens is 3. The lowest BCUT2D eigenvalue weighted by Crippen LogP contribution is -2.43. The van der Waals surface area contributed by atoms with Crippen LogP contribution in [-0.2, 0) is 0 Å². The van der Waals surface area contributed by atoms with E-state index in [1.807, 2.05) is 30.7 Å². The second-order valence-electron chi connectivity index (χ2n) is 6.56. The maximum atomic E-state index is 6.24. The molecule has 1 fully saturated rings. The number of fused-ring (bicyclic) bond motifs is 1. The van der Waals surface area contributed by atoms with Crippen LogP contribution in [0.15, 0.2) is 35.2 Å². The van der Waals surface area contributed by atoms with E-state index in [0.29, 0.717) is 5.02 Å². The largest absolute Gasteiger partial charge is 0.368 e. The van der Waals surface area contributed by atoms with E-state index in [1.54, 1.807) is 0 Å². The van der Waals surface area contributed by atoms with Crippen LogP contribution >= 0.6 is 27.5 Å². The minimum absolute atomic E-state index is 0.201. The molecule has 3 N–H and O–H groups in total. The monoisotopic (exact) mass is 420 g/mol. The van der Waals surface area contributed by atoms with Gasteiger partial charge in [0.15, 0.2) is 11.9 Å². The first-order valence-electron chi connectivity index (χ1n) is 8.39. The molecule has 3 aromatic rings. The molecule has 7 heteroatoms. The Morgan fingerprint density at radius 1 is 1.44 bits per heavy atom. The van der Waals surface area contributed by atoms with Gasteiger partial charge in [0.2, 0.25) is 5.69 Å². The van der Waals surface area contributed by atoms with Gasteiger partial charge in [0.25, 0.3) is 0 Å². The van der Waals surface area contributed by atoms with Gasteiger partial charge in [-0.25, -0.2) is 4.98 Å². The van der Waals surface area contributed by atoms with Gasteiger partial charge in [0, 0.05) is 38.3 Å². The third-order valence-corrected chi connectivity index (χ3v) is 5.56. The predicted octanol–water partition coefficient (Wildman–Crippen LogP) is 3.49. The van der Waals surface area contributed by atoms with Crippen LogP contribution < -0.4 is 15.2 Å². The quantitative estimate of drug-likeness (QED) is 0.623. The second kappa shape index (κ2) is 6.59. The van der Waals surface area contributed by atoms with Crippen molar-refractivity contribution in [1.29, 1.82) is 0 Å². The molecule has 0 bridgehead atoms. The summed E-state index contributed by atoms with van der Waals surface area (Å²) >= 11 is 9.94. The van der Waals surface area contributed by atoms with Crippen LogP contribution in [0.4, 0.5) is 5.69 Å². The molecule has 1 aliphatic heterocycles. The zero-order chi connectivity index (χ0) is 17.6. The molecule has 1 atom stereocenters. The molecule has 0 amide bonds. The van der Waals surface area contributed by atoms with Crippen molar-refractivity contribution in [3.05, 3.63) is 45.9 Å². The van der Waals surface area contributed by atoms with Crippen LogP contribution in [0.1, 0.15) is 18.5 Å². The number of hydrogen-bond acceptors (Lipinski definition) is 3. The standard InChI is InChI=1S/C18H20BrClN5/c1-11-4-5-12(20)9-25(11)15-8-23-18-16(15)17(14(19)7-22-18)24-6-2-3-13(21)10-24/h4-5,7-9,13H,2-3,6,10,21H2,1H3,(H,22,23)/q+1/t13-/m1/s1. The van der Waals surface area contributed by atoms with Crippen LogP contribution in [0.3, 0.4) is 0 Å². The Kier molecular flexibility index (Phi) is 4.43.